The van der Waals surface area contributed by atoms with Crippen LogP contribution in [0, 0.1) is 0 Å². The standard InChI is InChI=1S/C16H26N2O4/c19-14-11-12-15(20)18(14)17-13-9-7-5-3-1-2-4-6-8-10-16(21)22/h11-12,17H,1-10,13H2,(H,21,22). The molecule has 6 heteroatoms. The Bertz CT molecular complexity index is 389. The van der Waals surface area contributed by atoms with Crippen molar-refractivity contribution in [3.05, 3.63) is 12.2 Å². The van der Waals surface area contributed by atoms with Crippen LogP contribution in [0.3, 0.4) is 0 Å². The SMILES string of the molecule is O=C(O)CCCCCCCCCCCNN1C(=O)C=CC1=O. The molecule has 0 spiro atoms. The number of aliphatic carboxylic acids is 1. The van der Waals surface area contributed by atoms with E-state index in [0.717, 1.165) is 43.5 Å². The zero-order chi connectivity index (χ0) is 16.2. The summed E-state index contributed by atoms with van der Waals surface area (Å²) in [5, 5.41) is 9.56. The average molecular weight is 310 g/mol. The smallest absolute Gasteiger partial charge is 0.303 e. The van der Waals surface area contributed by atoms with Gasteiger partial charge in [0.05, 0.1) is 0 Å². The van der Waals surface area contributed by atoms with E-state index >= 15 is 0 Å². The van der Waals surface area contributed by atoms with Gasteiger partial charge in [-0.1, -0.05) is 44.9 Å². The number of amides is 2. The predicted molar refractivity (Wildman–Crippen MR) is 82.8 cm³/mol. The molecule has 0 bridgehead atoms. The van der Waals surface area contributed by atoms with Crippen molar-refractivity contribution in [3.8, 4) is 0 Å². The Morgan fingerprint density at radius 2 is 1.32 bits per heavy atom. The van der Waals surface area contributed by atoms with Gasteiger partial charge in [-0.15, -0.1) is 0 Å². The second-order valence-electron chi connectivity index (χ2n) is 5.58. The topological polar surface area (TPSA) is 86.7 Å². The van der Waals surface area contributed by atoms with E-state index in [4.69, 9.17) is 5.11 Å². The lowest BCUT2D eigenvalue weighted by Gasteiger charge is -2.14. The molecule has 0 saturated heterocycles. The second kappa shape index (κ2) is 11.0. The number of hydrazine groups is 1. The summed E-state index contributed by atoms with van der Waals surface area (Å²) in [6, 6.07) is 0. The van der Waals surface area contributed by atoms with Crippen LogP contribution in [0.25, 0.3) is 0 Å². The number of hydrogen-bond acceptors (Lipinski definition) is 4. The summed E-state index contributed by atoms with van der Waals surface area (Å²) in [7, 11) is 0. The molecule has 22 heavy (non-hydrogen) atoms. The molecule has 0 saturated carbocycles. The molecule has 2 N–H and O–H groups in total. The van der Waals surface area contributed by atoms with E-state index in [9.17, 15) is 14.4 Å². The van der Waals surface area contributed by atoms with E-state index in [-0.39, 0.29) is 18.2 Å². The van der Waals surface area contributed by atoms with Crippen LogP contribution < -0.4 is 5.43 Å². The molecule has 0 aromatic carbocycles. The number of hydrogen-bond donors (Lipinski definition) is 2. The highest BCUT2D eigenvalue weighted by molar-refractivity contribution is 6.12. The normalized spacial score (nSPS) is 14.1. The molecule has 1 aliphatic heterocycles. The van der Waals surface area contributed by atoms with Gasteiger partial charge in [0.2, 0.25) is 0 Å². The number of unbranched alkanes of at least 4 members (excludes halogenated alkanes) is 8. The monoisotopic (exact) mass is 310 g/mol. The number of nitrogens with zero attached hydrogens (tertiary/aromatic N) is 1. The summed E-state index contributed by atoms with van der Waals surface area (Å²) in [6.45, 7) is 0.633. The minimum atomic E-state index is -0.707. The van der Waals surface area contributed by atoms with E-state index in [1.807, 2.05) is 0 Å². The lowest BCUT2D eigenvalue weighted by atomic mass is 10.1. The molecule has 2 amide bonds. The minimum absolute atomic E-state index is 0.282. The minimum Gasteiger partial charge on any atom is -0.481 e. The highest BCUT2D eigenvalue weighted by atomic mass is 16.4. The van der Waals surface area contributed by atoms with Crippen LogP contribution in [-0.4, -0.2) is 34.4 Å². The average Bonchev–Trinajstić information content (AvgIpc) is 2.79. The third-order valence-electron chi connectivity index (χ3n) is 3.65. The number of rotatable bonds is 13. The number of imide groups is 1. The number of carboxylic acids is 1. The molecule has 0 aromatic heterocycles. The van der Waals surface area contributed by atoms with E-state index in [0.29, 0.717) is 6.54 Å². The maximum absolute atomic E-state index is 11.3. The largest absolute Gasteiger partial charge is 0.481 e. The fourth-order valence-electron chi connectivity index (χ4n) is 2.39. The van der Waals surface area contributed by atoms with Gasteiger partial charge in [0.1, 0.15) is 0 Å². The predicted octanol–water partition coefficient (Wildman–Crippen LogP) is 2.40. The van der Waals surface area contributed by atoms with Gasteiger partial charge in [-0.05, 0) is 12.8 Å². The molecular weight excluding hydrogens is 284 g/mol. The van der Waals surface area contributed by atoms with Crippen molar-refractivity contribution < 1.29 is 19.5 Å². The van der Waals surface area contributed by atoms with E-state index in [1.165, 1.54) is 31.4 Å². The molecule has 0 aliphatic carbocycles. The van der Waals surface area contributed by atoms with Gasteiger partial charge in [-0.25, -0.2) is 10.4 Å². The first kappa shape index (κ1) is 18.4. The molecule has 1 heterocycles. The van der Waals surface area contributed by atoms with E-state index < -0.39 is 5.97 Å². The zero-order valence-electron chi connectivity index (χ0n) is 13.1. The van der Waals surface area contributed by atoms with Crippen molar-refractivity contribution in [2.75, 3.05) is 6.54 Å². The van der Waals surface area contributed by atoms with Crippen LogP contribution in [0.5, 0.6) is 0 Å². The van der Waals surface area contributed by atoms with Crippen molar-refractivity contribution in [3.63, 3.8) is 0 Å². The van der Waals surface area contributed by atoms with Crippen molar-refractivity contribution >= 4 is 17.8 Å². The summed E-state index contributed by atoms with van der Waals surface area (Å²) in [5.74, 6) is -1.30. The molecule has 124 valence electrons. The number of carbonyl (C=O) groups is 3. The lowest BCUT2D eigenvalue weighted by molar-refractivity contribution is -0.140. The van der Waals surface area contributed by atoms with Gasteiger partial charge in [0.25, 0.3) is 11.8 Å². The molecule has 0 atom stereocenters. The number of carbonyl (C=O) groups excluding carboxylic acids is 2. The first-order chi connectivity index (χ1) is 10.6. The van der Waals surface area contributed by atoms with Crippen molar-refractivity contribution in [2.45, 2.75) is 64.2 Å². The molecular formula is C16H26N2O4. The third-order valence-corrected chi connectivity index (χ3v) is 3.65. The van der Waals surface area contributed by atoms with Crippen molar-refractivity contribution in [1.29, 1.82) is 0 Å². The Labute approximate surface area is 131 Å². The summed E-state index contributed by atoms with van der Waals surface area (Å²) < 4.78 is 0. The van der Waals surface area contributed by atoms with Crippen LogP contribution in [0.4, 0.5) is 0 Å². The quantitative estimate of drug-likeness (QED) is 0.403. The van der Waals surface area contributed by atoms with Crippen LogP contribution in [0.1, 0.15) is 64.2 Å². The fraction of sp³-hybridized carbons (Fsp3) is 0.688. The third kappa shape index (κ3) is 7.93. The Balaban J connectivity index is 1.81. The molecule has 1 aliphatic rings. The van der Waals surface area contributed by atoms with Crippen molar-refractivity contribution in [1.82, 2.24) is 10.4 Å². The summed E-state index contributed by atoms with van der Waals surface area (Å²) in [5.41, 5.74) is 2.84. The van der Waals surface area contributed by atoms with E-state index in [2.05, 4.69) is 5.43 Å². The summed E-state index contributed by atoms with van der Waals surface area (Å²) in [6.07, 6.45) is 12.4. The first-order valence-electron chi connectivity index (χ1n) is 8.12. The van der Waals surface area contributed by atoms with Crippen LogP contribution in [0.2, 0.25) is 0 Å². The highest BCUT2D eigenvalue weighted by Gasteiger charge is 2.22. The van der Waals surface area contributed by atoms with E-state index in [1.54, 1.807) is 0 Å². The van der Waals surface area contributed by atoms with Gasteiger partial charge in [0.15, 0.2) is 0 Å². The number of carboxylic acid groups (broad SMARTS) is 1. The van der Waals surface area contributed by atoms with Gasteiger partial charge in [-0.3, -0.25) is 14.4 Å². The van der Waals surface area contributed by atoms with Gasteiger partial charge < -0.3 is 5.11 Å². The highest BCUT2D eigenvalue weighted by Crippen LogP contribution is 2.10. The molecule has 1 rings (SSSR count). The summed E-state index contributed by atoms with van der Waals surface area (Å²) >= 11 is 0. The molecule has 6 nitrogen and oxygen atoms in total. The van der Waals surface area contributed by atoms with Gasteiger partial charge >= 0.3 is 5.97 Å². The lowest BCUT2D eigenvalue weighted by Crippen LogP contribution is -2.42. The van der Waals surface area contributed by atoms with Crippen LogP contribution >= 0.6 is 0 Å². The van der Waals surface area contributed by atoms with Gasteiger partial charge in [-0.2, -0.15) is 0 Å². The fourth-order valence-corrected chi connectivity index (χ4v) is 2.39. The first-order valence-corrected chi connectivity index (χ1v) is 8.12. The Kier molecular flexibility index (Phi) is 9.14. The van der Waals surface area contributed by atoms with Crippen LogP contribution in [-0.2, 0) is 14.4 Å². The molecule has 0 fully saturated rings. The van der Waals surface area contributed by atoms with Crippen molar-refractivity contribution in [2.24, 2.45) is 0 Å². The molecule has 0 radical (unpaired) electrons. The Morgan fingerprint density at radius 3 is 1.82 bits per heavy atom. The maximum Gasteiger partial charge on any atom is 0.303 e. The second-order valence-corrected chi connectivity index (χ2v) is 5.58. The maximum atomic E-state index is 11.3. The van der Waals surface area contributed by atoms with Crippen LogP contribution in [0.15, 0.2) is 12.2 Å². The zero-order valence-corrected chi connectivity index (χ0v) is 13.1. The Hall–Kier alpha value is -1.69. The Morgan fingerprint density at radius 1 is 0.864 bits per heavy atom. The molecule has 0 unspecified atom stereocenters. The molecule has 0 aromatic rings. The van der Waals surface area contributed by atoms with Gasteiger partial charge in [0, 0.05) is 25.1 Å². The number of nitrogens with one attached hydrogen (secondary N) is 1. The summed E-state index contributed by atoms with van der Waals surface area (Å²) in [4.78, 5) is 32.8.